The van der Waals surface area contributed by atoms with E-state index in [1.165, 1.54) is 44.6 Å². The van der Waals surface area contributed by atoms with E-state index in [1.54, 1.807) is 0 Å². The molecule has 0 aliphatic carbocycles. The third-order valence-electron chi connectivity index (χ3n) is 2.69. The van der Waals surface area contributed by atoms with Gasteiger partial charge in [0.15, 0.2) is 0 Å². The molecule has 1 heterocycles. The van der Waals surface area contributed by atoms with Gasteiger partial charge in [-0.15, -0.1) is 0 Å². The minimum atomic E-state index is 0.929. The molecule has 1 rings (SSSR count). The Kier molecular flexibility index (Phi) is 5.08. The molecule has 1 aliphatic heterocycles. The maximum atomic E-state index is 2.63. The van der Waals surface area contributed by atoms with Crippen molar-refractivity contribution in [1.29, 1.82) is 0 Å². The number of likely N-dealkylation sites (tertiary alicyclic amines) is 1. The molecule has 0 radical (unpaired) electrons. The molecule has 12 heavy (non-hydrogen) atoms. The second-order valence-corrected chi connectivity index (χ2v) is 4.65. The predicted octanol–water partition coefficient (Wildman–Crippen LogP) is 2.47. The van der Waals surface area contributed by atoms with E-state index in [0.29, 0.717) is 0 Å². The molecule has 1 saturated heterocycles. The molecule has 1 nitrogen and oxygen atoms in total. The van der Waals surface area contributed by atoms with Crippen LogP contribution in [0.3, 0.4) is 0 Å². The first kappa shape index (κ1) is 10.4. The molecule has 0 amide bonds. The number of nitrogens with zero attached hydrogens (tertiary/aromatic N) is 1. The van der Waals surface area contributed by atoms with E-state index in [-0.39, 0.29) is 0 Å². The first-order valence-electron chi connectivity index (χ1n) is 5.08. The van der Waals surface area contributed by atoms with Gasteiger partial charge >= 0.3 is 0 Å². The van der Waals surface area contributed by atoms with E-state index in [4.69, 9.17) is 0 Å². The van der Waals surface area contributed by atoms with Gasteiger partial charge in [0.1, 0.15) is 0 Å². The van der Waals surface area contributed by atoms with E-state index >= 15 is 0 Å². The van der Waals surface area contributed by atoms with Gasteiger partial charge in [-0.3, -0.25) is 0 Å². The average Bonchev–Trinajstić information content (AvgIpc) is 2.56. The van der Waals surface area contributed by atoms with Crippen LogP contribution in [0.2, 0.25) is 0 Å². The number of rotatable bonds is 5. The number of hydrogen-bond acceptors (Lipinski definition) is 2. The lowest BCUT2D eigenvalue weighted by atomic mass is 10.1. The molecule has 72 valence electrons. The maximum absolute atomic E-state index is 2.63. The van der Waals surface area contributed by atoms with Crippen molar-refractivity contribution in [3.05, 3.63) is 0 Å². The third-order valence-corrected chi connectivity index (χ3v) is 3.50. The molecule has 1 fully saturated rings. The quantitative estimate of drug-likeness (QED) is 0.650. The molecule has 0 aromatic rings. The Morgan fingerprint density at radius 1 is 1.33 bits per heavy atom. The maximum Gasteiger partial charge on any atom is 0.00174 e. The summed E-state index contributed by atoms with van der Waals surface area (Å²) in [5, 5.41) is 0. The lowest BCUT2D eigenvalue weighted by Gasteiger charge is -2.21. The van der Waals surface area contributed by atoms with Gasteiger partial charge in [0.05, 0.1) is 0 Å². The highest BCUT2D eigenvalue weighted by molar-refractivity contribution is 7.98. The van der Waals surface area contributed by atoms with Crippen molar-refractivity contribution < 1.29 is 0 Å². The summed E-state index contributed by atoms with van der Waals surface area (Å²) in [6.45, 7) is 6.37. The summed E-state index contributed by atoms with van der Waals surface area (Å²) in [4.78, 5) is 2.63. The van der Waals surface area contributed by atoms with Crippen LogP contribution in [-0.2, 0) is 0 Å². The smallest absolute Gasteiger partial charge is 0.00174 e. The van der Waals surface area contributed by atoms with Crippen molar-refractivity contribution in [2.75, 3.05) is 31.6 Å². The molecule has 1 atom stereocenters. The third kappa shape index (κ3) is 3.36. The van der Waals surface area contributed by atoms with Crippen molar-refractivity contribution in [3.63, 3.8) is 0 Å². The van der Waals surface area contributed by atoms with Crippen molar-refractivity contribution in [3.8, 4) is 0 Å². The Morgan fingerprint density at radius 2 is 2.00 bits per heavy atom. The van der Waals surface area contributed by atoms with Gasteiger partial charge in [-0.1, -0.05) is 13.3 Å². The SMILES string of the molecule is CCC(CSC)CN1CCCC1. The molecular weight excluding hydrogens is 166 g/mol. The van der Waals surface area contributed by atoms with E-state index < -0.39 is 0 Å². The van der Waals surface area contributed by atoms with Crippen LogP contribution in [0.5, 0.6) is 0 Å². The Labute approximate surface area is 80.9 Å². The summed E-state index contributed by atoms with van der Waals surface area (Å²) in [7, 11) is 0. The molecule has 0 N–H and O–H groups in total. The zero-order valence-electron chi connectivity index (χ0n) is 8.38. The predicted molar refractivity (Wildman–Crippen MR) is 57.8 cm³/mol. The zero-order chi connectivity index (χ0) is 8.81. The van der Waals surface area contributed by atoms with E-state index in [2.05, 4.69) is 18.1 Å². The van der Waals surface area contributed by atoms with Gasteiger partial charge in [-0.05, 0) is 43.9 Å². The molecule has 0 bridgehead atoms. The van der Waals surface area contributed by atoms with Crippen molar-refractivity contribution >= 4 is 11.8 Å². The second kappa shape index (κ2) is 5.87. The molecular formula is C10H21NS. The van der Waals surface area contributed by atoms with Gasteiger partial charge in [0.2, 0.25) is 0 Å². The summed E-state index contributed by atoms with van der Waals surface area (Å²) < 4.78 is 0. The van der Waals surface area contributed by atoms with Gasteiger partial charge in [0.25, 0.3) is 0 Å². The summed E-state index contributed by atoms with van der Waals surface area (Å²) in [5.41, 5.74) is 0. The van der Waals surface area contributed by atoms with Crippen LogP contribution in [0.1, 0.15) is 26.2 Å². The number of thioether (sulfide) groups is 1. The van der Waals surface area contributed by atoms with Crippen LogP contribution < -0.4 is 0 Å². The monoisotopic (exact) mass is 187 g/mol. The molecule has 1 aliphatic rings. The van der Waals surface area contributed by atoms with Crippen LogP contribution in [0.4, 0.5) is 0 Å². The Hall–Kier alpha value is 0.310. The highest BCUT2D eigenvalue weighted by Gasteiger charge is 2.15. The summed E-state index contributed by atoms with van der Waals surface area (Å²) in [5.74, 6) is 2.27. The normalized spacial score (nSPS) is 21.5. The fourth-order valence-electron chi connectivity index (χ4n) is 1.87. The minimum Gasteiger partial charge on any atom is -0.303 e. The molecule has 1 unspecified atom stereocenters. The summed E-state index contributed by atoms with van der Waals surface area (Å²) in [6.07, 6.45) is 6.41. The molecule has 0 spiro atoms. The standard InChI is InChI=1S/C10H21NS/c1-3-10(9-12-2)8-11-6-4-5-7-11/h10H,3-9H2,1-2H3. The Bertz CT molecular complexity index is 110. The minimum absolute atomic E-state index is 0.929. The Morgan fingerprint density at radius 3 is 2.50 bits per heavy atom. The zero-order valence-corrected chi connectivity index (χ0v) is 9.20. The Balaban J connectivity index is 2.16. The van der Waals surface area contributed by atoms with Gasteiger partial charge in [-0.2, -0.15) is 11.8 Å². The van der Waals surface area contributed by atoms with Crippen LogP contribution in [0, 0.1) is 5.92 Å². The lowest BCUT2D eigenvalue weighted by molar-refractivity contribution is 0.287. The summed E-state index contributed by atoms with van der Waals surface area (Å²) >= 11 is 1.99. The van der Waals surface area contributed by atoms with Crippen molar-refractivity contribution in [2.45, 2.75) is 26.2 Å². The van der Waals surface area contributed by atoms with Crippen LogP contribution in [-0.4, -0.2) is 36.5 Å². The number of hydrogen-bond donors (Lipinski definition) is 0. The highest BCUT2D eigenvalue weighted by Crippen LogP contribution is 2.15. The van der Waals surface area contributed by atoms with Crippen LogP contribution in [0.15, 0.2) is 0 Å². The molecule has 0 aromatic heterocycles. The fourth-order valence-corrected chi connectivity index (χ4v) is 2.68. The highest BCUT2D eigenvalue weighted by atomic mass is 32.2. The first-order valence-corrected chi connectivity index (χ1v) is 6.47. The first-order chi connectivity index (χ1) is 5.86. The molecule has 0 saturated carbocycles. The summed E-state index contributed by atoms with van der Waals surface area (Å²) in [6, 6.07) is 0. The van der Waals surface area contributed by atoms with Crippen molar-refractivity contribution in [2.24, 2.45) is 5.92 Å². The molecule has 2 heteroatoms. The van der Waals surface area contributed by atoms with Gasteiger partial charge in [0, 0.05) is 6.54 Å². The lowest BCUT2D eigenvalue weighted by Crippen LogP contribution is -2.27. The average molecular weight is 187 g/mol. The van der Waals surface area contributed by atoms with Crippen LogP contribution >= 0.6 is 11.8 Å². The van der Waals surface area contributed by atoms with Crippen molar-refractivity contribution in [1.82, 2.24) is 4.90 Å². The van der Waals surface area contributed by atoms with Crippen LogP contribution in [0.25, 0.3) is 0 Å². The fraction of sp³-hybridized carbons (Fsp3) is 1.00. The van der Waals surface area contributed by atoms with E-state index in [0.717, 1.165) is 5.92 Å². The largest absolute Gasteiger partial charge is 0.303 e. The van der Waals surface area contributed by atoms with Gasteiger partial charge in [-0.25, -0.2) is 0 Å². The molecule has 0 aromatic carbocycles. The second-order valence-electron chi connectivity index (χ2n) is 3.74. The topological polar surface area (TPSA) is 3.24 Å². The van der Waals surface area contributed by atoms with Gasteiger partial charge < -0.3 is 4.90 Å². The van der Waals surface area contributed by atoms with E-state index in [9.17, 15) is 0 Å². The van der Waals surface area contributed by atoms with E-state index in [1.807, 2.05) is 11.8 Å².